The predicted molar refractivity (Wildman–Crippen MR) is 126 cm³/mol. The zero-order valence-electron chi connectivity index (χ0n) is 18.8. The van der Waals surface area contributed by atoms with Gasteiger partial charge in [-0.15, -0.1) is 0 Å². The second-order valence-corrected chi connectivity index (χ2v) is 8.30. The minimum Gasteiger partial charge on any atom is -0.437 e. The molecule has 0 saturated carbocycles. The van der Waals surface area contributed by atoms with Gasteiger partial charge in [0.05, 0.1) is 23.1 Å². The van der Waals surface area contributed by atoms with Gasteiger partial charge in [-0.3, -0.25) is 14.8 Å². The number of hydrogen-bond donors (Lipinski definition) is 0. The molecule has 1 atom stereocenters. The highest BCUT2D eigenvalue weighted by molar-refractivity contribution is 5.94. The van der Waals surface area contributed by atoms with Gasteiger partial charge >= 0.3 is 0 Å². The van der Waals surface area contributed by atoms with Crippen LogP contribution >= 0.6 is 0 Å². The van der Waals surface area contributed by atoms with E-state index < -0.39 is 0 Å². The van der Waals surface area contributed by atoms with Gasteiger partial charge in [-0.25, -0.2) is 15.0 Å². The molecule has 34 heavy (non-hydrogen) atoms. The molecule has 0 bridgehead atoms. The van der Waals surface area contributed by atoms with E-state index in [4.69, 9.17) is 9.72 Å². The molecule has 4 aromatic rings. The number of piperidine rings is 1. The summed E-state index contributed by atoms with van der Waals surface area (Å²) in [7, 11) is 0. The zero-order chi connectivity index (χ0) is 23.3. The molecular weight excluding hydrogens is 428 g/mol. The number of para-hydroxylation sites is 1. The molecule has 5 rings (SSSR count). The molecule has 1 saturated heterocycles. The van der Waals surface area contributed by atoms with E-state index in [9.17, 15) is 4.79 Å². The quantitative estimate of drug-likeness (QED) is 0.442. The molecule has 0 spiro atoms. The average molecular weight is 453 g/mol. The summed E-state index contributed by atoms with van der Waals surface area (Å²) < 4.78 is 5.96. The number of likely N-dealkylation sites (tertiary alicyclic amines) is 1. The van der Waals surface area contributed by atoms with Crippen LogP contribution in [0, 0.1) is 6.92 Å². The second-order valence-electron chi connectivity index (χ2n) is 8.30. The monoisotopic (exact) mass is 452 g/mol. The molecule has 1 amide bonds. The topological polar surface area (TPSA) is 94.0 Å². The van der Waals surface area contributed by atoms with Crippen LogP contribution in [-0.2, 0) is 0 Å². The van der Waals surface area contributed by atoms with Crippen molar-refractivity contribution in [1.82, 2.24) is 29.8 Å². The third kappa shape index (κ3) is 4.76. The molecule has 0 aliphatic carbocycles. The molecule has 3 aromatic heterocycles. The highest BCUT2D eigenvalue weighted by Gasteiger charge is 2.27. The summed E-state index contributed by atoms with van der Waals surface area (Å²) in [4.78, 5) is 36.5. The molecule has 1 fully saturated rings. The minimum absolute atomic E-state index is 0.0339. The third-order valence-electron chi connectivity index (χ3n) is 5.93. The van der Waals surface area contributed by atoms with Crippen molar-refractivity contribution >= 4 is 5.91 Å². The van der Waals surface area contributed by atoms with E-state index >= 15 is 0 Å². The number of benzene rings is 1. The van der Waals surface area contributed by atoms with Crippen molar-refractivity contribution in [2.45, 2.75) is 25.7 Å². The van der Waals surface area contributed by atoms with Crippen LogP contribution in [-0.4, -0.2) is 48.8 Å². The lowest BCUT2D eigenvalue weighted by molar-refractivity contribution is 0.0705. The summed E-state index contributed by atoms with van der Waals surface area (Å²) in [6, 6.07) is 11.4. The van der Waals surface area contributed by atoms with Crippen molar-refractivity contribution < 1.29 is 9.53 Å². The van der Waals surface area contributed by atoms with Crippen LogP contribution in [0.4, 0.5) is 0 Å². The van der Waals surface area contributed by atoms with Gasteiger partial charge in [-0.2, -0.15) is 0 Å². The lowest BCUT2D eigenvalue weighted by Crippen LogP contribution is -2.39. The van der Waals surface area contributed by atoms with Gasteiger partial charge < -0.3 is 9.64 Å². The van der Waals surface area contributed by atoms with Gasteiger partial charge in [0, 0.05) is 49.4 Å². The van der Waals surface area contributed by atoms with E-state index in [2.05, 4.69) is 19.9 Å². The number of rotatable bonds is 5. The number of carbonyl (C=O) groups is 1. The van der Waals surface area contributed by atoms with Gasteiger partial charge in [0.15, 0.2) is 0 Å². The first-order chi connectivity index (χ1) is 16.7. The zero-order valence-corrected chi connectivity index (χ0v) is 18.8. The summed E-state index contributed by atoms with van der Waals surface area (Å²) >= 11 is 0. The molecular formula is C26H24N6O2. The Morgan fingerprint density at radius 1 is 1.00 bits per heavy atom. The van der Waals surface area contributed by atoms with Crippen molar-refractivity contribution in [2.24, 2.45) is 0 Å². The molecule has 170 valence electrons. The Labute approximate surface area is 197 Å². The van der Waals surface area contributed by atoms with E-state index in [1.165, 1.54) is 6.33 Å². The summed E-state index contributed by atoms with van der Waals surface area (Å²) in [5, 5.41) is 0. The fourth-order valence-electron chi connectivity index (χ4n) is 4.10. The largest absolute Gasteiger partial charge is 0.437 e. The lowest BCUT2D eigenvalue weighted by Gasteiger charge is -2.32. The standard InChI is InChI=1S/C26H24N6O2/c1-18-5-2-3-7-24(18)34-25-15-27-14-23(31-25)20-6-4-10-32(16-20)26(33)19-8-9-22(30-13-19)21-11-28-17-29-12-21/h2-3,5,7-9,11-15,17,20H,4,6,10,16H2,1H3/t20-/m0/s1. The molecule has 0 radical (unpaired) electrons. The average Bonchev–Trinajstić information content (AvgIpc) is 2.90. The first-order valence-electron chi connectivity index (χ1n) is 11.2. The SMILES string of the molecule is Cc1ccccc1Oc1cncc([C@H]2CCCN(C(=O)c3ccc(-c4cncnc4)nc3)C2)n1. The number of aromatic nitrogens is 5. The van der Waals surface area contributed by atoms with Crippen LogP contribution in [0.3, 0.4) is 0 Å². The fraction of sp³-hybridized carbons (Fsp3) is 0.231. The van der Waals surface area contributed by atoms with E-state index in [1.54, 1.807) is 37.1 Å². The van der Waals surface area contributed by atoms with Crippen molar-refractivity contribution in [2.75, 3.05) is 13.1 Å². The molecule has 0 N–H and O–H groups in total. The molecule has 1 aliphatic heterocycles. The summed E-state index contributed by atoms with van der Waals surface area (Å²) in [5.74, 6) is 1.28. The first kappa shape index (κ1) is 21.6. The maximum absolute atomic E-state index is 13.2. The lowest BCUT2D eigenvalue weighted by atomic mass is 9.94. The van der Waals surface area contributed by atoms with E-state index in [-0.39, 0.29) is 11.8 Å². The van der Waals surface area contributed by atoms with E-state index in [1.807, 2.05) is 42.2 Å². The third-order valence-corrected chi connectivity index (χ3v) is 5.93. The molecule has 0 unspecified atom stereocenters. The first-order valence-corrected chi connectivity index (χ1v) is 11.2. The number of hydrogen-bond acceptors (Lipinski definition) is 7. The number of pyridine rings is 1. The van der Waals surface area contributed by atoms with Crippen LogP contribution in [0.1, 0.15) is 40.4 Å². The molecule has 1 aliphatic rings. The highest BCUT2D eigenvalue weighted by atomic mass is 16.5. The fourth-order valence-corrected chi connectivity index (χ4v) is 4.10. The Hall–Kier alpha value is -4.20. The molecule has 4 heterocycles. The van der Waals surface area contributed by atoms with Gasteiger partial charge in [-0.05, 0) is 43.5 Å². The number of nitrogens with zero attached hydrogens (tertiary/aromatic N) is 6. The predicted octanol–water partition coefficient (Wildman–Crippen LogP) is 4.45. The summed E-state index contributed by atoms with van der Waals surface area (Å²) in [6.45, 7) is 3.28. The number of amides is 1. The molecule has 8 nitrogen and oxygen atoms in total. The number of ether oxygens (including phenoxy) is 1. The Morgan fingerprint density at radius 3 is 2.65 bits per heavy atom. The van der Waals surface area contributed by atoms with Crippen molar-refractivity contribution in [3.63, 3.8) is 0 Å². The van der Waals surface area contributed by atoms with Crippen LogP contribution < -0.4 is 4.74 Å². The van der Waals surface area contributed by atoms with Crippen LogP contribution in [0.5, 0.6) is 11.6 Å². The Morgan fingerprint density at radius 2 is 1.85 bits per heavy atom. The van der Waals surface area contributed by atoms with Crippen molar-refractivity contribution in [3.05, 3.63) is 90.5 Å². The second kappa shape index (κ2) is 9.74. The van der Waals surface area contributed by atoms with Crippen LogP contribution in [0.2, 0.25) is 0 Å². The van der Waals surface area contributed by atoms with E-state index in [0.717, 1.165) is 41.1 Å². The van der Waals surface area contributed by atoms with Gasteiger partial charge in [-0.1, -0.05) is 18.2 Å². The van der Waals surface area contributed by atoms with Gasteiger partial charge in [0.1, 0.15) is 12.1 Å². The number of carbonyl (C=O) groups excluding carboxylic acids is 1. The molecule has 8 heteroatoms. The Bertz CT molecular complexity index is 1280. The summed E-state index contributed by atoms with van der Waals surface area (Å²) in [6.07, 6.45) is 11.7. The normalized spacial score (nSPS) is 15.7. The Balaban J connectivity index is 1.28. The highest BCUT2D eigenvalue weighted by Crippen LogP contribution is 2.29. The van der Waals surface area contributed by atoms with Gasteiger partial charge in [0.2, 0.25) is 5.88 Å². The van der Waals surface area contributed by atoms with Gasteiger partial charge in [0.25, 0.3) is 5.91 Å². The maximum atomic E-state index is 13.2. The number of aryl methyl sites for hydroxylation is 1. The van der Waals surface area contributed by atoms with Crippen LogP contribution in [0.15, 0.2) is 73.7 Å². The maximum Gasteiger partial charge on any atom is 0.255 e. The Kier molecular flexibility index (Phi) is 6.20. The minimum atomic E-state index is -0.0339. The van der Waals surface area contributed by atoms with Crippen molar-refractivity contribution in [3.8, 4) is 22.9 Å². The smallest absolute Gasteiger partial charge is 0.255 e. The summed E-state index contributed by atoms with van der Waals surface area (Å²) in [5.41, 5.74) is 3.97. The molecule has 1 aromatic carbocycles. The van der Waals surface area contributed by atoms with E-state index in [0.29, 0.717) is 24.5 Å². The van der Waals surface area contributed by atoms with Crippen molar-refractivity contribution in [1.29, 1.82) is 0 Å². The van der Waals surface area contributed by atoms with Crippen LogP contribution in [0.25, 0.3) is 11.3 Å².